The second kappa shape index (κ2) is 4.85. The fourth-order valence-corrected chi connectivity index (χ4v) is 2.05. The molecule has 2 N–H and O–H groups in total. The highest BCUT2D eigenvalue weighted by Gasteiger charge is 2.28. The standard InChI is InChI=1S/C13H19NO2/c1-10-8-13(3-2-11(10)9-16)14(6-7-15)12-4-5-12/h2-3,8,12,15-16H,4-7,9H2,1H3. The summed E-state index contributed by atoms with van der Waals surface area (Å²) in [6.45, 7) is 2.99. The molecule has 16 heavy (non-hydrogen) atoms. The molecular weight excluding hydrogens is 202 g/mol. The highest BCUT2D eigenvalue weighted by atomic mass is 16.3. The first-order chi connectivity index (χ1) is 7.76. The van der Waals surface area contributed by atoms with Crippen molar-refractivity contribution in [3.63, 3.8) is 0 Å². The molecule has 0 unspecified atom stereocenters. The van der Waals surface area contributed by atoms with Crippen molar-refractivity contribution in [2.24, 2.45) is 0 Å². The van der Waals surface area contributed by atoms with Gasteiger partial charge in [0.05, 0.1) is 13.2 Å². The van der Waals surface area contributed by atoms with Crippen molar-refractivity contribution < 1.29 is 10.2 Å². The molecule has 88 valence electrons. The summed E-state index contributed by atoms with van der Waals surface area (Å²) in [5.41, 5.74) is 3.25. The van der Waals surface area contributed by atoms with Crippen LogP contribution in [0.2, 0.25) is 0 Å². The van der Waals surface area contributed by atoms with Crippen molar-refractivity contribution in [2.45, 2.75) is 32.4 Å². The number of hydrogen-bond acceptors (Lipinski definition) is 3. The molecule has 2 rings (SSSR count). The van der Waals surface area contributed by atoms with E-state index in [0.717, 1.165) is 16.8 Å². The molecular formula is C13H19NO2. The summed E-state index contributed by atoms with van der Waals surface area (Å²) in [4.78, 5) is 2.26. The molecule has 0 heterocycles. The van der Waals surface area contributed by atoms with Gasteiger partial charge in [-0.3, -0.25) is 0 Å². The van der Waals surface area contributed by atoms with Crippen LogP contribution < -0.4 is 4.90 Å². The van der Waals surface area contributed by atoms with Crippen molar-refractivity contribution in [3.05, 3.63) is 29.3 Å². The Hall–Kier alpha value is -1.06. The minimum atomic E-state index is 0.0928. The van der Waals surface area contributed by atoms with Crippen LogP contribution in [0.3, 0.4) is 0 Å². The lowest BCUT2D eigenvalue weighted by Crippen LogP contribution is -2.28. The first-order valence-electron chi connectivity index (χ1n) is 5.84. The van der Waals surface area contributed by atoms with Gasteiger partial charge in [0, 0.05) is 18.3 Å². The smallest absolute Gasteiger partial charge is 0.0684 e. The van der Waals surface area contributed by atoms with E-state index >= 15 is 0 Å². The van der Waals surface area contributed by atoms with Crippen LogP contribution >= 0.6 is 0 Å². The summed E-state index contributed by atoms with van der Waals surface area (Å²) >= 11 is 0. The van der Waals surface area contributed by atoms with E-state index in [0.29, 0.717) is 12.6 Å². The molecule has 0 bridgehead atoms. The molecule has 0 aliphatic heterocycles. The molecule has 0 aromatic heterocycles. The highest BCUT2D eigenvalue weighted by molar-refractivity contribution is 5.52. The predicted molar refractivity (Wildman–Crippen MR) is 64.6 cm³/mol. The quantitative estimate of drug-likeness (QED) is 0.791. The number of aryl methyl sites for hydroxylation is 1. The number of anilines is 1. The fraction of sp³-hybridized carbons (Fsp3) is 0.538. The Kier molecular flexibility index (Phi) is 3.46. The van der Waals surface area contributed by atoms with Gasteiger partial charge in [-0.25, -0.2) is 0 Å². The van der Waals surface area contributed by atoms with Gasteiger partial charge in [0.2, 0.25) is 0 Å². The van der Waals surface area contributed by atoms with E-state index in [1.807, 2.05) is 19.1 Å². The van der Waals surface area contributed by atoms with E-state index in [4.69, 9.17) is 10.2 Å². The molecule has 1 aliphatic carbocycles. The largest absolute Gasteiger partial charge is 0.395 e. The SMILES string of the molecule is Cc1cc(N(CCO)C2CC2)ccc1CO. The lowest BCUT2D eigenvalue weighted by molar-refractivity contribution is 0.281. The van der Waals surface area contributed by atoms with Gasteiger partial charge >= 0.3 is 0 Å². The number of hydrogen-bond donors (Lipinski definition) is 2. The third kappa shape index (κ3) is 2.36. The molecule has 0 radical (unpaired) electrons. The second-order valence-electron chi connectivity index (χ2n) is 4.42. The van der Waals surface area contributed by atoms with E-state index in [1.54, 1.807) is 0 Å². The van der Waals surface area contributed by atoms with Gasteiger partial charge in [-0.2, -0.15) is 0 Å². The molecule has 1 saturated carbocycles. The third-order valence-electron chi connectivity index (χ3n) is 3.16. The Labute approximate surface area is 96.3 Å². The van der Waals surface area contributed by atoms with Crippen molar-refractivity contribution in [3.8, 4) is 0 Å². The monoisotopic (exact) mass is 221 g/mol. The minimum absolute atomic E-state index is 0.0928. The van der Waals surface area contributed by atoms with E-state index in [2.05, 4.69) is 11.0 Å². The Morgan fingerprint density at radius 3 is 2.56 bits per heavy atom. The first-order valence-corrected chi connectivity index (χ1v) is 5.84. The Morgan fingerprint density at radius 1 is 1.31 bits per heavy atom. The molecule has 3 nitrogen and oxygen atoms in total. The van der Waals surface area contributed by atoms with E-state index in [9.17, 15) is 0 Å². The van der Waals surface area contributed by atoms with E-state index in [1.165, 1.54) is 12.8 Å². The molecule has 1 aromatic rings. The fourth-order valence-electron chi connectivity index (χ4n) is 2.05. The lowest BCUT2D eigenvalue weighted by Gasteiger charge is -2.24. The Morgan fingerprint density at radius 2 is 2.06 bits per heavy atom. The van der Waals surface area contributed by atoms with Gasteiger partial charge in [0.1, 0.15) is 0 Å². The number of benzene rings is 1. The zero-order chi connectivity index (χ0) is 11.5. The number of nitrogens with zero attached hydrogens (tertiary/aromatic N) is 1. The zero-order valence-corrected chi connectivity index (χ0v) is 9.69. The molecule has 1 fully saturated rings. The molecule has 0 saturated heterocycles. The molecule has 0 amide bonds. The van der Waals surface area contributed by atoms with Gasteiger partial charge < -0.3 is 15.1 Å². The maximum atomic E-state index is 9.12. The van der Waals surface area contributed by atoms with Crippen molar-refractivity contribution >= 4 is 5.69 Å². The summed E-state index contributed by atoms with van der Waals surface area (Å²) in [5, 5.41) is 18.2. The summed E-state index contributed by atoms with van der Waals surface area (Å²) < 4.78 is 0. The van der Waals surface area contributed by atoms with Crippen LogP contribution in [0.25, 0.3) is 0 Å². The predicted octanol–water partition coefficient (Wildman–Crippen LogP) is 1.45. The molecule has 3 heteroatoms. The summed E-state index contributed by atoms with van der Waals surface area (Å²) in [6.07, 6.45) is 2.45. The average Bonchev–Trinajstić information content (AvgIpc) is 3.09. The van der Waals surface area contributed by atoms with Crippen LogP contribution in [0.5, 0.6) is 0 Å². The Balaban J connectivity index is 2.20. The van der Waals surface area contributed by atoms with Gasteiger partial charge in [-0.15, -0.1) is 0 Å². The van der Waals surface area contributed by atoms with Gasteiger partial charge in [-0.05, 0) is 43.0 Å². The lowest BCUT2D eigenvalue weighted by atomic mass is 10.1. The zero-order valence-electron chi connectivity index (χ0n) is 9.69. The maximum absolute atomic E-state index is 9.12. The van der Waals surface area contributed by atoms with Crippen molar-refractivity contribution in [1.29, 1.82) is 0 Å². The normalized spacial score (nSPS) is 15.2. The highest BCUT2D eigenvalue weighted by Crippen LogP contribution is 2.32. The van der Waals surface area contributed by atoms with Crippen LogP contribution in [0.15, 0.2) is 18.2 Å². The third-order valence-corrected chi connectivity index (χ3v) is 3.16. The topological polar surface area (TPSA) is 43.7 Å². The van der Waals surface area contributed by atoms with Crippen LogP contribution in [-0.2, 0) is 6.61 Å². The molecule has 1 aromatic carbocycles. The Bertz CT molecular complexity index is 361. The van der Waals surface area contributed by atoms with Crippen molar-refractivity contribution in [2.75, 3.05) is 18.1 Å². The second-order valence-corrected chi connectivity index (χ2v) is 4.42. The first kappa shape index (κ1) is 11.4. The van der Waals surface area contributed by atoms with Crippen molar-refractivity contribution in [1.82, 2.24) is 0 Å². The average molecular weight is 221 g/mol. The van der Waals surface area contributed by atoms with Gasteiger partial charge in [0.25, 0.3) is 0 Å². The summed E-state index contributed by atoms with van der Waals surface area (Å²) in [6, 6.07) is 6.70. The summed E-state index contributed by atoms with van der Waals surface area (Å²) in [7, 11) is 0. The van der Waals surface area contributed by atoms with Gasteiger partial charge in [0.15, 0.2) is 0 Å². The molecule has 0 atom stereocenters. The molecule has 1 aliphatic rings. The molecule has 0 spiro atoms. The van der Waals surface area contributed by atoms with E-state index in [-0.39, 0.29) is 13.2 Å². The van der Waals surface area contributed by atoms with Gasteiger partial charge in [-0.1, -0.05) is 6.07 Å². The maximum Gasteiger partial charge on any atom is 0.0684 e. The number of rotatable bonds is 5. The van der Waals surface area contributed by atoms with Crippen LogP contribution in [0.4, 0.5) is 5.69 Å². The minimum Gasteiger partial charge on any atom is -0.395 e. The van der Waals surface area contributed by atoms with Crippen LogP contribution in [0, 0.1) is 6.92 Å². The summed E-state index contributed by atoms with van der Waals surface area (Å²) in [5.74, 6) is 0. The van der Waals surface area contributed by atoms with Crippen LogP contribution in [0.1, 0.15) is 24.0 Å². The van der Waals surface area contributed by atoms with Crippen LogP contribution in [-0.4, -0.2) is 29.4 Å². The number of aliphatic hydroxyl groups excluding tert-OH is 2. The van der Waals surface area contributed by atoms with E-state index < -0.39 is 0 Å². The number of aliphatic hydroxyl groups is 2.